The van der Waals surface area contributed by atoms with Gasteiger partial charge in [0.1, 0.15) is 11.3 Å². The summed E-state index contributed by atoms with van der Waals surface area (Å²) in [5, 5.41) is 0. The third kappa shape index (κ3) is 3.31. The summed E-state index contributed by atoms with van der Waals surface area (Å²) in [6, 6.07) is 7.69. The summed E-state index contributed by atoms with van der Waals surface area (Å²) in [7, 11) is 1.29. The van der Waals surface area contributed by atoms with Gasteiger partial charge in [0.15, 0.2) is 5.78 Å². The molecule has 0 saturated heterocycles. The zero-order valence-corrected chi connectivity index (χ0v) is 16.5. The van der Waals surface area contributed by atoms with Crippen LogP contribution >= 0.6 is 22.6 Å². The first-order valence-corrected chi connectivity index (χ1v) is 9.09. The Bertz CT molecular complexity index is 805. The highest BCUT2D eigenvalue weighted by molar-refractivity contribution is 14.1. The van der Waals surface area contributed by atoms with E-state index >= 15 is 0 Å². The maximum absolute atomic E-state index is 12.9. The Balaban J connectivity index is 2.19. The molecule has 1 aromatic rings. The number of hydrogen-bond acceptors (Lipinski definition) is 5. The molecule has 1 unspecified atom stereocenters. The third-order valence-electron chi connectivity index (χ3n) is 4.56. The summed E-state index contributed by atoms with van der Waals surface area (Å²) in [5.74, 6) is -0.569. The molecule has 5 nitrogen and oxygen atoms in total. The van der Waals surface area contributed by atoms with Gasteiger partial charge in [-0.3, -0.25) is 4.79 Å². The minimum absolute atomic E-state index is 0.0105. The van der Waals surface area contributed by atoms with Gasteiger partial charge in [0, 0.05) is 22.0 Å². The molecule has 6 heteroatoms. The lowest BCUT2D eigenvalue weighted by Crippen LogP contribution is -2.35. The molecule has 1 heterocycles. The smallest absolute Gasteiger partial charge is 0.340 e. The van der Waals surface area contributed by atoms with Crippen molar-refractivity contribution in [2.45, 2.75) is 32.6 Å². The number of methoxy groups -OCH3 is 1. The van der Waals surface area contributed by atoms with Crippen LogP contribution in [0, 0.1) is 8.99 Å². The standard InChI is InChI=1S/C19H20INO4/c1-19(2)8-12(22)15-13(9-19)25-17(21)16(18(23)24-3)14(15)10-4-6-11(20)7-5-10/h4-7,14H,8-9,21H2,1-3H3. The van der Waals surface area contributed by atoms with E-state index < -0.39 is 11.9 Å². The first-order chi connectivity index (χ1) is 11.7. The molecule has 1 aliphatic heterocycles. The van der Waals surface area contributed by atoms with Crippen molar-refractivity contribution < 1.29 is 19.1 Å². The number of nitrogens with two attached hydrogens (primary N) is 1. The Morgan fingerprint density at radius 3 is 2.52 bits per heavy atom. The number of halogens is 1. The molecule has 25 heavy (non-hydrogen) atoms. The summed E-state index contributed by atoms with van der Waals surface area (Å²) >= 11 is 2.21. The van der Waals surface area contributed by atoms with Crippen molar-refractivity contribution in [3.63, 3.8) is 0 Å². The van der Waals surface area contributed by atoms with Crippen molar-refractivity contribution >= 4 is 34.3 Å². The van der Waals surface area contributed by atoms with Gasteiger partial charge in [0.2, 0.25) is 5.88 Å². The molecule has 2 aliphatic rings. The lowest BCUT2D eigenvalue weighted by molar-refractivity contribution is -0.136. The second kappa shape index (κ2) is 6.48. The average molecular weight is 453 g/mol. The molecule has 1 aromatic carbocycles. The van der Waals surface area contributed by atoms with Gasteiger partial charge in [-0.05, 0) is 45.7 Å². The van der Waals surface area contributed by atoms with Crippen molar-refractivity contribution in [2.24, 2.45) is 11.1 Å². The van der Waals surface area contributed by atoms with E-state index in [2.05, 4.69) is 22.6 Å². The number of rotatable bonds is 2. The highest BCUT2D eigenvalue weighted by Crippen LogP contribution is 2.48. The number of hydrogen-bond donors (Lipinski definition) is 1. The Labute approximate surface area is 160 Å². The summed E-state index contributed by atoms with van der Waals surface area (Å²) in [5.41, 5.74) is 7.40. The minimum atomic E-state index is -0.578. The number of ketones is 1. The van der Waals surface area contributed by atoms with Crippen LogP contribution in [-0.2, 0) is 19.1 Å². The fourth-order valence-corrected chi connectivity index (χ4v) is 3.84. The molecule has 0 amide bonds. The van der Waals surface area contributed by atoms with Gasteiger partial charge in [-0.15, -0.1) is 0 Å². The summed E-state index contributed by atoms with van der Waals surface area (Å²) in [6.45, 7) is 4.04. The molecule has 0 radical (unpaired) electrons. The van der Waals surface area contributed by atoms with Gasteiger partial charge in [-0.2, -0.15) is 0 Å². The molecule has 1 atom stereocenters. The molecule has 0 bridgehead atoms. The van der Waals surface area contributed by atoms with Crippen molar-refractivity contribution in [2.75, 3.05) is 7.11 Å². The first-order valence-electron chi connectivity index (χ1n) is 8.01. The monoisotopic (exact) mass is 453 g/mol. The van der Waals surface area contributed by atoms with Crippen LogP contribution in [0.3, 0.4) is 0 Å². The second-order valence-electron chi connectivity index (χ2n) is 7.13. The molecule has 0 fully saturated rings. The van der Waals surface area contributed by atoms with Gasteiger partial charge in [0.05, 0.1) is 13.0 Å². The van der Waals surface area contributed by atoms with E-state index in [4.69, 9.17) is 15.2 Å². The Morgan fingerprint density at radius 2 is 1.92 bits per heavy atom. The lowest BCUT2D eigenvalue weighted by atomic mass is 9.70. The average Bonchev–Trinajstić information content (AvgIpc) is 2.52. The van der Waals surface area contributed by atoms with E-state index in [0.29, 0.717) is 24.2 Å². The van der Waals surface area contributed by atoms with E-state index in [1.54, 1.807) is 0 Å². The van der Waals surface area contributed by atoms with Gasteiger partial charge in [-0.1, -0.05) is 26.0 Å². The van der Waals surface area contributed by atoms with Crippen LogP contribution < -0.4 is 5.73 Å². The molecule has 0 saturated carbocycles. The van der Waals surface area contributed by atoms with E-state index in [9.17, 15) is 9.59 Å². The van der Waals surface area contributed by atoms with E-state index in [1.165, 1.54) is 7.11 Å². The zero-order chi connectivity index (χ0) is 18.4. The molecule has 132 valence electrons. The molecule has 0 spiro atoms. The fourth-order valence-electron chi connectivity index (χ4n) is 3.48. The van der Waals surface area contributed by atoms with E-state index in [0.717, 1.165) is 9.13 Å². The van der Waals surface area contributed by atoms with Gasteiger partial charge < -0.3 is 15.2 Å². The van der Waals surface area contributed by atoms with Crippen molar-refractivity contribution in [1.29, 1.82) is 0 Å². The molecule has 1 aliphatic carbocycles. The van der Waals surface area contributed by atoms with Crippen LogP contribution in [0.25, 0.3) is 0 Å². The Kier molecular flexibility index (Phi) is 4.66. The number of carbonyl (C=O) groups excluding carboxylic acids is 2. The summed E-state index contributed by atoms with van der Waals surface area (Å²) in [6.07, 6.45) is 1.01. The second-order valence-corrected chi connectivity index (χ2v) is 8.38. The summed E-state index contributed by atoms with van der Waals surface area (Å²) < 4.78 is 11.7. The zero-order valence-electron chi connectivity index (χ0n) is 14.4. The quantitative estimate of drug-likeness (QED) is 0.549. The number of carbonyl (C=O) groups is 2. The SMILES string of the molecule is COC(=O)C1=C(N)OC2=C(C(=O)CC(C)(C)C2)C1c1ccc(I)cc1. The predicted molar refractivity (Wildman–Crippen MR) is 101 cm³/mol. The van der Waals surface area contributed by atoms with Crippen molar-refractivity contribution in [3.8, 4) is 0 Å². The summed E-state index contributed by atoms with van der Waals surface area (Å²) in [4.78, 5) is 25.3. The number of allylic oxidation sites excluding steroid dienone is 2. The lowest BCUT2D eigenvalue weighted by Gasteiger charge is -2.37. The van der Waals surface area contributed by atoms with Crippen LogP contribution in [0.15, 0.2) is 47.1 Å². The molecular formula is C19H20INO4. The molecular weight excluding hydrogens is 433 g/mol. The number of esters is 1. The van der Waals surface area contributed by atoms with E-state index in [-0.39, 0.29) is 22.7 Å². The third-order valence-corrected chi connectivity index (χ3v) is 5.28. The fraction of sp³-hybridized carbons (Fsp3) is 0.368. The maximum atomic E-state index is 12.9. The number of ether oxygens (including phenoxy) is 2. The van der Waals surface area contributed by atoms with E-state index in [1.807, 2.05) is 38.1 Å². The first kappa shape index (κ1) is 18.0. The number of benzene rings is 1. The Hall–Kier alpha value is -1.83. The molecule has 2 N–H and O–H groups in total. The van der Waals surface area contributed by atoms with Crippen molar-refractivity contribution in [1.82, 2.24) is 0 Å². The van der Waals surface area contributed by atoms with Crippen LogP contribution in [0.2, 0.25) is 0 Å². The highest BCUT2D eigenvalue weighted by atomic mass is 127. The Morgan fingerprint density at radius 1 is 1.28 bits per heavy atom. The normalized spacial score (nSPS) is 22.4. The van der Waals surface area contributed by atoms with Crippen LogP contribution in [0.1, 0.15) is 38.2 Å². The minimum Gasteiger partial charge on any atom is -0.465 e. The van der Waals surface area contributed by atoms with Gasteiger partial charge in [0.25, 0.3) is 0 Å². The maximum Gasteiger partial charge on any atom is 0.340 e. The topological polar surface area (TPSA) is 78.6 Å². The van der Waals surface area contributed by atoms with Crippen LogP contribution in [-0.4, -0.2) is 18.9 Å². The predicted octanol–water partition coefficient (Wildman–Crippen LogP) is 3.39. The van der Waals surface area contributed by atoms with Gasteiger partial charge in [-0.25, -0.2) is 4.79 Å². The van der Waals surface area contributed by atoms with Crippen molar-refractivity contribution in [3.05, 3.63) is 56.2 Å². The van der Waals surface area contributed by atoms with Gasteiger partial charge >= 0.3 is 5.97 Å². The number of Topliss-reactive ketones (excluding diaryl/α,β-unsaturated/α-hetero) is 1. The molecule has 3 rings (SSSR count). The highest BCUT2D eigenvalue weighted by Gasteiger charge is 2.44. The van der Waals surface area contributed by atoms with Crippen LogP contribution in [0.4, 0.5) is 0 Å². The molecule has 0 aromatic heterocycles. The van der Waals surface area contributed by atoms with Crippen LogP contribution in [0.5, 0.6) is 0 Å². The largest absolute Gasteiger partial charge is 0.465 e.